The van der Waals surface area contributed by atoms with Crippen LogP contribution in [-0.4, -0.2) is 26.2 Å². The lowest BCUT2D eigenvalue weighted by Gasteiger charge is -2.10. The van der Waals surface area contributed by atoms with Crippen molar-refractivity contribution in [2.75, 3.05) is 14.2 Å². The number of carbonyl (C=O) groups is 2. The van der Waals surface area contributed by atoms with Crippen molar-refractivity contribution < 1.29 is 19.1 Å². The third-order valence-electron chi connectivity index (χ3n) is 2.79. The predicted octanol–water partition coefficient (Wildman–Crippen LogP) is 3.07. The van der Waals surface area contributed by atoms with Crippen molar-refractivity contribution in [1.29, 1.82) is 0 Å². The van der Waals surface area contributed by atoms with Crippen LogP contribution in [0.4, 0.5) is 0 Å². The van der Waals surface area contributed by atoms with Crippen molar-refractivity contribution in [3.8, 4) is 0 Å². The van der Waals surface area contributed by atoms with E-state index in [2.05, 4.69) is 23.0 Å². The summed E-state index contributed by atoms with van der Waals surface area (Å²) in [6, 6.07) is 4.95. The minimum Gasteiger partial charge on any atom is -0.465 e. The van der Waals surface area contributed by atoms with E-state index in [9.17, 15) is 9.59 Å². The van der Waals surface area contributed by atoms with Gasteiger partial charge in [-0.05, 0) is 29.7 Å². The van der Waals surface area contributed by atoms with Crippen LogP contribution in [0.5, 0.6) is 0 Å². The maximum atomic E-state index is 11.7. The molecule has 0 aliphatic heterocycles. The molecule has 4 heteroatoms. The number of ether oxygens (including phenoxy) is 2. The Hall–Kier alpha value is -2.10. The third kappa shape index (κ3) is 3.44. The Morgan fingerprint density at radius 1 is 1.11 bits per heavy atom. The molecule has 0 aromatic heterocycles. The molecule has 0 saturated carbocycles. The SMILES string of the molecule is C=C(CCC)c1ccc(C(=O)OC)c(C(=O)OC)c1. The molecule has 0 radical (unpaired) electrons. The first kappa shape index (κ1) is 15.0. The highest BCUT2D eigenvalue weighted by atomic mass is 16.5. The molecule has 102 valence electrons. The van der Waals surface area contributed by atoms with Gasteiger partial charge in [-0.1, -0.05) is 26.0 Å². The van der Waals surface area contributed by atoms with Crippen LogP contribution in [0.1, 0.15) is 46.0 Å². The Balaban J connectivity index is 3.26. The number of esters is 2. The van der Waals surface area contributed by atoms with Gasteiger partial charge in [0.1, 0.15) is 0 Å². The van der Waals surface area contributed by atoms with Crippen molar-refractivity contribution in [2.24, 2.45) is 0 Å². The highest BCUT2D eigenvalue weighted by Crippen LogP contribution is 2.22. The van der Waals surface area contributed by atoms with Crippen molar-refractivity contribution in [3.63, 3.8) is 0 Å². The minimum atomic E-state index is -0.563. The first-order valence-electron chi connectivity index (χ1n) is 6.04. The van der Waals surface area contributed by atoms with Crippen LogP contribution in [0, 0.1) is 0 Å². The monoisotopic (exact) mass is 262 g/mol. The second kappa shape index (κ2) is 6.73. The molecule has 1 aromatic rings. The topological polar surface area (TPSA) is 52.6 Å². The minimum absolute atomic E-state index is 0.197. The molecule has 0 saturated heterocycles. The lowest BCUT2D eigenvalue weighted by molar-refractivity contribution is 0.0555. The van der Waals surface area contributed by atoms with E-state index in [-0.39, 0.29) is 11.1 Å². The van der Waals surface area contributed by atoms with Gasteiger partial charge in [0.2, 0.25) is 0 Å². The summed E-state index contributed by atoms with van der Waals surface area (Å²) >= 11 is 0. The zero-order chi connectivity index (χ0) is 14.4. The Morgan fingerprint density at radius 3 is 2.21 bits per heavy atom. The lowest BCUT2D eigenvalue weighted by atomic mass is 9.97. The van der Waals surface area contributed by atoms with Gasteiger partial charge in [0, 0.05) is 0 Å². The van der Waals surface area contributed by atoms with E-state index >= 15 is 0 Å². The molecule has 1 rings (SSSR count). The molecule has 4 nitrogen and oxygen atoms in total. The van der Waals surface area contributed by atoms with Gasteiger partial charge in [0.15, 0.2) is 0 Å². The summed E-state index contributed by atoms with van der Waals surface area (Å²) in [6.45, 7) is 6.02. The first-order chi connectivity index (χ1) is 9.04. The van der Waals surface area contributed by atoms with Crippen molar-refractivity contribution >= 4 is 17.5 Å². The molecule has 0 fully saturated rings. The van der Waals surface area contributed by atoms with Gasteiger partial charge >= 0.3 is 11.9 Å². The van der Waals surface area contributed by atoms with E-state index in [1.165, 1.54) is 14.2 Å². The molecule has 1 aromatic carbocycles. The molecule has 0 atom stereocenters. The van der Waals surface area contributed by atoms with Crippen LogP contribution in [0.25, 0.3) is 5.57 Å². The second-order valence-corrected chi connectivity index (χ2v) is 4.10. The predicted molar refractivity (Wildman–Crippen MR) is 73.1 cm³/mol. The number of rotatable bonds is 5. The Bertz CT molecular complexity index is 503. The van der Waals surface area contributed by atoms with Gasteiger partial charge in [0.25, 0.3) is 0 Å². The second-order valence-electron chi connectivity index (χ2n) is 4.10. The van der Waals surface area contributed by atoms with Crippen LogP contribution in [0.15, 0.2) is 24.8 Å². The Kier molecular flexibility index (Phi) is 5.30. The van der Waals surface area contributed by atoms with Crippen LogP contribution in [-0.2, 0) is 9.47 Å². The van der Waals surface area contributed by atoms with Crippen LogP contribution in [0.2, 0.25) is 0 Å². The molecule has 0 bridgehead atoms. The summed E-state index contributed by atoms with van der Waals surface area (Å²) in [4.78, 5) is 23.3. The summed E-state index contributed by atoms with van der Waals surface area (Å²) in [7, 11) is 2.55. The number of allylic oxidation sites excluding steroid dienone is 1. The van der Waals surface area contributed by atoms with Gasteiger partial charge in [-0.15, -0.1) is 0 Å². The van der Waals surface area contributed by atoms with E-state index < -0.39 is 11.9 Å². The average Bonchev–Trinajstić information content (AvgIpc) is 2.45. The van der Waals surface area contributed by atoms with Gasteiger partial charge < -0.3 is 9.47 Å². The molecular formula is C15H18O4. The smallest absolute Gasteiger partial charge is 0.338 e. The molecule has 0 amide bonds. The summed E-state index contributed by atoms with van der Waals surface area (Å²) in [5.41, 5.74) is 2.14. The van der Waals surface area contributed by atoms with Gasteiger partial charge in [-0.2, -0.15) is 0 Å². The zero-order valence-corrected chi connectivity index (χ0v) is 11.5. The van der Waals surface area contributed by atoms with Crippen LogP contribution < -0.4 is 0 Å². The molecule has 0 N–H and O–H groups in total. The number of carbonyl (C=O) groups excluding carboxylic acids is 2. The number of hydrogen-bond donors (Lipinski definition) is 0. The molecular weight excluding hydrogens is 244 g/mol. The first-order valence-corrected chi connectivity index (χ1v) is 6.04. The molecule has 0 unspecified atom stereocenters. The fraction of sp³-hybridized carbons (Fsp3) is 0.333. The normalized spacial score (nSPS) is 9.84. The number of methoxy groups -OCH3 is 2. The average molecular weight is 262 g/mol. The Morgan fingerprint density at radius 2 is 1.68 bits per heavy atom. The van der Waals surface area contributed by atoms with E-state index in [1.807, 2.05) is 0 Å². The highest BCUT2D eigenvalue weighted by molar-refractivity contribution is 6.03. The standard InChI is InChI=1S/C15H18O4/c1-5-6-10(2)11-7-8-12(14(16)18-3)13(9-11)15(17)19-4/h7-9H,2,5-6H2,1,3-4H3. The summed E-state index contributed by atoms with van der Waals surface area (Å²) in [5.74, 6) is -1.13. The van der Waals surface area contributed by atoms with Gasteiger partial charge in [-0.25, -0.2) is 9.59 Å². The quantitative estimate of drug-likeness (QED) is 0.765. The van der Waals surface area contributed by atoms with Gasteiger partial charge in [-0.3, -0.25) is 0 Å². The van der Waals surface area contributed by atoms with E-state index in [0.29, 0.717) is 0 Å². The highest BCUT2D eigenvalue weighted by Gasteiger charge is 2.19. The van der Waals surface area contributed by atoms with Crippen LogP contribution >= 0.6 is 0 Å². The number of benzene rings is 1. The third-order valence-corrected chi connectivity index (χ3v) is 2.79. The molecule has 0 spiro atoms. The largest absolute Gasteiger partial charge is 0.465 e. The zero-order valence-electron chi connectivity index (χ0n) is 11.5. The molecule has 0 aliphatic rings. The van der Waals surface area contributed by atoms with Crippen molar-refractivity contribution in [2.45, 2.75) is 19.8 Å². The van der Waals surface area contributed by atoms with E-state index in [4.69, 9.17) is 0 Å². The fourth-order valence-electron chi connectivity index (χ4n) is 1.78. The van der Waals surface area contributed by atoms with E-state index in [1.54, 1.807) is 18.2 Å². The molecule has 0 heterocycles. The van der Waals surface area contributed by atoms with Crippen molar-refractivity contribution in [3.05, 3.63) is 41.5 Å². The number of hydrogen-bond acceptors (Lipinski definition) is 4. The van der Waals surface area contributed by atoms with Crippen molar-refractivity contribution in [1.82, 2.24) is 0 Å². The summed E-state index contributed by atoms with van der Waals surface area (Å²) in [5, 5.41) is 0. The summed E-state index contributed by atoms with van der Waals surface area (Å²) < 4.78 is 9.34. The lowest BCUT2D eigenvalue weighted by Crippen LogP contribution is -2.12. The molecule has 19 heavy (non-hydrogen) atoms. The maximum Gasteiger partial charge on any atom is 0.338 e. The maximum absolute atomic E-state index is 11.7. The Labute approximate surface area is 113 Å². The molecule has 0 aliphatic carbocycles. The van der Waals surface area contributed by atoms with E-state index in [0.717, 1.165) is 24.0 Å². The summed E-state index contributed by atoms with van der Waals surface area (Å²) in [6.07, 6.45) is 1.79. The van der Waals surface area contributed by atoms with Crippen LogP contribution in [0.3, 0.4) is 0 Å². The fourth-order valence-corrected chi connectivity index (χ4v) is 1.78. The van der Waals surface area contributed by atoms with Gasteiger partial charge in [0.05, 0.1) is 25.3 Å².